The quantitative estimate of drug-likeness (QED) is 0.595. The molecular formula is C20H19F6NO2. The zero-order valence-electron chi connectivity index (χ0n) is 16.0. The van der Waals surface area contributed by atoms with Gasteiger partial charge in [0, 0.05) is 5.56 Å². The summed E-state index contributed by atoms with van der Waals surface area (Å²) in [6.45, 7) is 5.72. The number of ether oxygens (including phenoxy) is 1. The number of methoxy groups -OCH3 is 1. The molecule has 0 bridgehead atoms. The Hall–Kier alpha value is -2.71. The molecule has 9 heteroatoms. The van der Waals surface area contributed by atoms with Gasteiger partial charge in [0.05, 0.1) is 23.9 Å². The van der Waals surface area contributed by atoms with Crippen LogP contribution >= 0.6 is 0 Å². The Morgan fingerprint density at radius 2 is 1.34 bits per heavy atom. The standard InChI is InChI=1S/C20H19F6NO2/c1-18(2,3)12-5-6-16(29-4)15(10-12)27-17(28)11-7-13(19(21,22)23)9-14(8-11)20(24,25)26/h5-10H,1-4H3,(H,27,28). The van der Waals surface area contributed by atoms with Crippen molar-refractivity contribution < 1.29 is 35.9 Å². The smallest absolute Gasteiger partial charge is 0.416 e. The molecule has 0 unspecified atom stereocenters. The lowest BCUT2D eigenvalue weighted by Gasteiger charge is -2.21. The molecule has 158 valence electrons. The van der Waals surface area contributed by atoms with Crippen LogP contribution in [0.1, 0.15) is 47.8 Å². The molecule has 0 radical (unpaired) electrons. The van der Waals surface area contributed by atoms with Crippen LogP contribution in [0.15, 0.2) is 36.4 Å². The van der Waals surface area contributed by atoms with Crippen LogP contribution in [0.5, 0.6) is 5.75 Å². The van der Waals surface area contributed by atoms with Gasteiger partial charge in [-0.3, -0.25) is 4.79 Å². The van der Waals surface area contributed by atoms with Gasteiger partial charge in [-0.05, 0) is 41.3 Å². The molecule has 0 heterocycles. The van der Waals surface area contributed by atoms with Crippen molar-refractivity contribution in [3.8, 4) is 5.75 Å². The number of carbonyl (C=O) groups excluding carboxylic acids is 1. The normalized spacial score (nSPS) is 12.6. The minimum atomic E-state index is -5.04. The van der Waals surface area contributed by atoms with Crippen molar-refractivity contribution in [3.05, 3.63) is 58.7 Å². The van der Waals surface area contributed by atoms with Crippen LogP contribution in [0, 0.1) is 0 Å². The predicted molar refractivity (Wildman–Crippen MR) is 96.1 cm³/mol. The lowest BCUT2D eigenvalue weighted by molar-refractivity contribution is -0.143. The summed E-state index contributed by atoms with van der Waals surface area (Å²) in [4.78, 5) is 12.5. The number of rotatable bonds is 3. The van der Waals surface area contributed by atoms with Gasteiger partial charge in [-0.15, -0.1) is 0 Å². The van der Waals surface area contributed by atoms with Crippen LogP contribution < -0.4 is 10.1 Å². The first kappa shape index (κ1) is 22.6. The molecule has 2 rings (SSSR count). The molecule has 0 atom stereocenters. The number of amides is 1. The molecule has 0 fully saturated rings. The summed E-state index contributed by atoms with van der Waals surface area (Å²) >= 11 is 0. The van der Waals surface area contributed by atoms with Gasteiger partial charge in [0.1, 0.15) is 5.75 Å². The summed E-state index contributed by atoms with van der Waals surface area (Å²) in [5, 5.41) is 2.35. The summed E-state index contributed by atoms with van der Waals surface area (Å²) in [6.07, 6.45) is -10.1. The second-order valence-electron chi connectivity index (χ2n) is 7.41. The van der Waals surface area contributed by atoms with E-state index >= 15 is 0 Å². The average Bonchev–Trinajstić information content (AvgIpc) is 2.59. The van der Waals surface area contributed by atoms with E-state index in [-0.39, 0.29) is 22.9 Å². The lowest BCUT2D eigenvalue weighted by atomic mass is 9.87. The van der Waals surface area contributed by atoms with E-state index in [2.05, 4.69) is 5.32 Å². The molecule has 1 N–H and O–H groups in total. The monoisotopic (exact) mass is 419 g/mol. The molecule has 0 aliphatic heterocycles. The zero-order valence-corrected chi connectivity index (χ0v) is 16.0. The number of benzene rings is 2. The fourth-order valence-electron chi connectivity index (χ4n) is 2.55. The minimum Gasteiger partial charge on any atom is -0.495 e. The van der Waals surface area contributed by atoms with E-state index in [0.717, 1.165) is 5.56 Å². The van der Waals surface area contributed by atoms with Gasteiger partial charge < -0.3 is 10.1 Å². The molecule has 0 aliphatic rings. The Balaban J connectivity index is 2.50. The SMILES string of the molecule is COc1ccc(C(C)(C)C)cc1NC(=O)c1cc(C(F)(F)F)cc(C(F)(F)F)c1. The van der Waals surface area contributed by atoms with Crippen LogP contribution in [-0.4, -0.2) is 13.0 Å². The van der Waals surface area contributed by atoms with E-state index in [1.54, 1.807) is 18.2 Å². The molecule has 2 aromatic carbocycles. The first-order valence-electron chi connectivity index (χ1n) is 8.42. The third kappa shape index (κ3) is 5.42. The third-order valence-corrected chi connectivity index (χ3v) is 4.16. The molecule has 0 saturated heterocycles. The van der Waals surface area contributed by atoms with E-state index in [1.165, 1.54) is 7.11 Å². The molecule has 2 aromatic rings. The van der Waals surface area contributed by atoms with E-state index < -0.39 is 35.0 Å². The lowest BCUT2D eigenvalue weighted by Crippen LogP contribution is -2.18. The molecule has 0 saturated carbocycles. The number of hydrogen-bond donors (Lipinski definition) is 1. The Morgan fingerprint density at radius 1 is 0.828 bits per heavy atom. The molecule has 29 heavy (non-hydrogen) atoms. The van der Waals surface area contributed by atoms with Crippen molar-refractivity contribution >= 4 is 11.6 Å². The number of carbonyl (C=O) groups is 1. The van der Waals surface area contributed by atoms with Gasteiger partial charge in [-0.25, -0.2) is 0 Å². The second kappa shape index (κ2) is 7.61. The summed E-state index contributed by atoms with van der Waals surface area (Å²) < 4.78 is 83.2. The van der Waals surface area contributed by atoms with Crippen LogP contribution in [0.4, 0.5) is 32.0 Å². The van der Waals surface area contributed by atoms with Crippen LogP contribution in [0.25, 0.3) is 0 Å². The Labute approximate surface area is 163 Å². The number of hydrogen-bond acceptors (Lipinski definition) is 2. The zero-order chi connectivity index (χ0) is 22.2. The largest absolute Gasteiger partial charge is 0.495 e. The van der Waals surface area contributed by atoms with E-state index in [0.29, 0.717) is 12.1 Å². The van der Waals surface area contributed by atoms with E-state index in [4.69, 9.17) is 4.74 Å². The first-order chi connectivity index (χ1) is 13.1. The van der Waals surface area contributed by atoms with Crippen LogP contribution in [0.3, 0.4) is 0 Å². The maximum Gasteiger partial charge on any atom is 0.416 e. The number of anilines is 1. The number of alkyl halides is 6. The molecule has 0 aromatic heterocycles. The van der Waals surface area contributed by atoms with Gasteiger partial charge >= 0.3 is 12.4 Å². The highest BCUT2D eigenvalue weighted by Gasteiger charge is 2.37. The number of nitrogens with one attached hydrogen (secondary N) is 1. The molecule has 0 aliphatic carbocycles. The highest BCUT2D eigenvalue weighted by Crippen LogP contribution is 2.37. The predicted octanol–water partition coefficient (Wildman–Crippen LogP) is 6.28. The van der Waals surface area contributed by atoms with Gasteiger partial charge in [0.15, 0.2) is 0 Å². The third-order valence-electron chi connectivity index (χ3n) is 4.16. The Bertz CT molecular complexity index is 878. The highest BCUT2D eigenvalue weighted by atomic mass is 19.4. The Kier molecular flexibility index (Phi) is 5.92. The van der Waals surface area contributed by atoms with E-state index in [9.17, 15) is 31.1 Å². The van der Waals surface area contributed by atoms with Crippen molar-refractivity contribution in [2.45, 2.75) is 38.5 Å². The summed E-state index contributed by atoms with van der Waals surface area (Å²) in [7, 11) is 1.33. The first-order valence-corrected chi connectivity index (χ1v) is 8.42. The van der Waals surface area contributed by atoms with Crippen molar-refractivity contribution in [2.75, 3.05) is 12.4 Å². The fraction of sp³-hybridized carbons (Fsp3) is 0.350. The fourth-order valence-corrected chi connectivity index (χ4v) is 2.55. The average molecular weight is 419 g/mol. The topological polar surface area (TPSA) is 38.3 Å². The molecule has 3 nitrogen and oxygen atoms in total. The van der Waals surface area contributed by atoms with Crippen molar-refractivity contribution in [3.63, 3.8) is 0 Å². The Morgan fingerprint density at radius 3 is 1.76 bits per heavy atom. The van der Waals surface area contributed by atoms with Gasteiger partial charge in [0.25, 0.3) is 5.91 Å². The number of halogens is 6. The minimum absolute atomic E-state index is 0.0302. The summed E-state index contributed by atoms with van der Waals surface area (Å²) in [5.41, 5.74) is -3.29. The van der Waals surface area contributed by atoms with Gasteiger partial charge in [-0.2, -0.15) is 26.3 Å². The molecular weight excluding hydrogens is 400 g/mol. The second-order valence-corrected chi connectivity index (χ2v) is 7.41. The summed E-state index contributed by atoms with van der Waals surface area (Å²) in [6, 6.07) is 5.60. The van der Waals surface area contributed by atoms with Crippen molar-refractivity contribution in [1.82, 2.24) is 0 Å². The highest BCUT2D eigenvalue weighted by molar-refractivity contribution is 6.05. The van der Waals surface area contributed by atoms with E-state index in [1.807, 2.05) is 20.8 Å². The maximum absolute atomic E-state index is 13.0. The van der Waals surface area contributed by atoms with Crippen LogP contribution in [-0.2, 0) is 17.8 Å². The van der Waals surface area contributed by atoms with Gasteiger partial charge in [-0.1, -0.05) is 26.8 Å². The maximum atomic E-state index is 13.0. The van der Waals surface area contributed by atoms with Gasteiger partial charge in [0.2, 0.25) is 0 Å². The van der Waals surface area contributed by atoms with Crippen molar-refractivity contribution in [1.29, 1.82) is 0 Å². The summed E-state index contributed by atoms with van der Waals surface area (Å²) in [5.74, 6) is -0.902. The van der Waals surface area contributed by atoms with Crippen LogP contribution in [0.2, 0.25) is 0 Å². The molecule has 0 spiro atoms. The van der Waals surface area contributed by atoms with Crippen molar-refractivity contribution in [2.24, 2.45) is 0 Å². The molecule has 1 amide bonds.